The maximum absolute atomic E-state index is 11.8. The topological polar surface area (TPSA) is 190 Å². The highest BCUT2D eigenvalue weighted by Crippen LogP contribution is 2.36. The summed E-state index contributed by atoms with van der Waals surface area (Å²) in [5.41, 5.74) is 0.675. The summed E-state index contributed by atoms with van der Waals surface area (Å²) in [6.45, 7) is 47.8. The number of nitrogens with zero attached hydrogens (tertiary/aromatic N) is 1. The summed E-state index contributed by atoms with van der Waals surface area (Å²) >= 11 is 0. The molecule has 0 unspecified atom stereocenters. The van der Waals surface area contributed by atoms with Crippen LogP contribution in [0.15, 0.2) is 73.5 Å². The number of halogens is 6. The van der Waals surface area contributed by atoms with Crippen molar-refractivity contribution in [3.63, 3.8) is 0 Å². The van der Waals surface area contributed by atoms with Gasteiger partial charge in [-0.05, 0) is 113 Å². The second kappa shape index (κ2) is 31.7. The van der Waals surface area contributed by atoms with E-state index in [1.807, 2.05) is 0 Å². The molecule has 0 aromatic rings. The van der Waals surface area contributed by atoms with Crippen LogP contribution in [0.25, 0.3) is 0 Å². The van der Waals surface area contributed by atoms with E-state index in [0.717, 1.165) is 19.9 Å². The van der Waals surface area contributed by atoms with Gasteiger partial charge in [0, 0.05) is 46.9 Å². The molecular formula is C43H73F6NO14Si4. The summed E-state index contributed by atoms with van der Waals surface area (Å²) in [6.07, 6.45) is -11.5. The third kappa shape index (κ3) is 38.5. The van der Waals surface area contributed by atoms with E-state index in [-0.39, 0.29) is 30.7 Å². The highest BCUT2D eigenvalue weighted by molar-refractivity contribution is 6.90. The number of carbonyl (C=O) groups excluding carboxylic acids is 5. The molecule has 0 aliphatic carbocycles. The molecule has 1 amide bonds. The van der Waals surface area contributed by atoms with Gasteiger partial charge in [0.2, 0.25) is 5.91 Å². The Labute approximate surface area is 402 Å². The van der Waals surface area contributed by atoms with Crippen molar-refractivity contribution in [2.45, 2.75) is 137 Å². The van der Waals surface area contributed by atoms with E-state index in [1.165, 1.54) is 6.92 Å². The third-order valence-corrected chi connectivity index (χ3v) is 18.8. The zero-order valence-electron chi connectivity index (χ0n) is 42.0. The lowest BCUT2D eigenvalue weighted by Gasteiger charge is -2.42. The molecule has 0 atom stereocenters. The van der Waals surface area contributed by atoms with Crippen LogP contribution < -0.4 is 0 Å². The number of hydrogen-bond donors (Lipinski definition) is 1. The van der Waals surface area contributed by atoms with Crippen molar-refractivity contribution in [1.82, 2.24) is 4.90 Å². The fourth-order valence-corrected chi connectivity index (χ4v) is 18.7. The maximum Gasteiger partial charge on any atom is 0.469 e. The molecule has 1 N–H and O–H groups in total. The highest BCUT2D eigenvalue weighted by Gasteiger charge is 2.60. The van der Waals surface area contributed by atoms with Crippen LogP contribution in [0.1, 0.15) is 53.9 Å². The van der Waals surface area contributed by atoms with Crippen LogP contribution in [-0.2, 0) is 60.1 Å². The van der Waals surface area contributed by atoms with Gasteiger partial charge in [0.1, 0.15) is 13.2 Å². The summed E-state index contributed by atoms with van der Waals surface area (Å²) in [5, 5.41) is 7.89. The smallest absolute Gasteiger partial charge is 0.469 e. The second-order valence-electron chi connectivity index (χ2n) is 17.8. The van der Waals surface area contributed by atoms with E-state index in [2.05, 4.69) is 113 Å². The molecule has 25 heteroatoms. The first-order valence-electron chi connectivity index (χ1n) is 20.7. The van der Waals surface area contributed by atoms with E-state index < -0.39 is 81.7 Å². The van der Waals surface area contributed by atoms with E-state index in [4.69, 9.17) is 22.2 Å². The minimum Gasteiger partial charge on any atom is -0.478 e. The number of alkyl halides is 6. The van der Waals surface area contributed by atoms with Crippen LogP contribution in [0.3, 0.4) is 0 Å². The molecule has 1 saturated heterocycles. The van der Waals surface area contributed by atoms with Crippen molar-refractivity contribution in [3.05, 3.63) is 73.5 Å². The summed E-state index contributed by atoms with van der Waals surface area (Å²) in [5.74, 6) is -3.80. The number of ether oxygens (including phenoxy) is 4. The van der Waals surface area contributed by atoms with E-state index >= 15 is 0 Å². The van der Waals surface area contributed by atoms with Crippen LogP contribution >= 0.6 is 0 Å². The molecule has 1 aliphatic rings. The number of esters is 4. The van der Waals surface area contributed by atoms with Crippen LogP contribution in [-0.4, -0.2) is 124 Å². The average molecular weight is 1050 g/mol. The van der Waals surface area contributed by atoms with Gasteiger partial charge in [-0.3, -0.25) is 4.79 Å². The standard InChI is InChI=1S/C16H38O5Si4.C10H14O4.C7H6F6O2.C6H9NO.C4H6O2/c1-15(2)16(17)18-13-12-14-25(19-22(3,4)5,20-23(6,7)8)21-24(9,10)11;1-7(2)9(11)13-5-6-14-10(12)8(3)4;1-3(2)4(14)15-5(6(8,9)10)7(11,12)13;1-2-7-5-3-4-6(7)8;1-3(2)4(5)6/h1,12-14H2,2-11H3;1,3,5-6H2,2,4H3;5H,1H2,2H3;2H,1,3-5H2;1H2,2H3,(H,5,6). The number of carboxylic acid groups (broad SMARTS) is 1. The third-order valence-electron chi connectivity index (χ3n) is 6.70. The molecule has 0 aromatic carbocycles. The Bertz CT molecular complexity index is 1670. The highest BCUT2D eigenvalue weighted by atomic mass is 28.5. The lowest BCUT2D eigenvalue weighted by molar-refractivity contribution is -0.312. The van der Waals surface area contributed by atoms with Gasteiger partial charge in [0.25, 0.3) is 6.10 Å². The van der Waals surface area contributed by atoms with Crippen LogP contribution in [0.5, 0.6) is 0 Å². The van der Waals surface area contributed by atoms with Crippen molar-refractivity contribution in [3.8, 4) is 0 Å². The molecular weight excluding hydrogens is 981 g/mol. The Morgan fingerprint density at radius 1 is 0.618 bits per heavy atom. The van der Waals surface area contributed by atoms with Crippen molar-refractivity contribution >= 4 is 69.5 Å². The monoisotopic (exact) mass is 1050 g/mol. The lowest BCUT2D eigenvalue weighted by Crippen LogP contribution is -2.60. The van der Waals surface area contributed by atoms with Crippen molar-refractivity contribution in [2.24, 2.45) is 0 Å². The number of amides is 1. The molecule has 1 aliphatic heterocycles. The zero-order chi connectivity index (χ0) is 54.8. The first-order valence-corrected chi connectivity index (χ1v) is 32.9. The minimum atomic E-state index is -5.69. The Morgan fingerprint density at radius 2 is 0.926 bits per heavy atom. The molecule has 15 nitrogen and oxygen atoms in total. The van der Waals surface area contributed by atoms with Crippen molar-refractivity contribution in [1.29, 1.82) is 0 Å². The Kier molecular flexibility index (Phi) is 32.7. The van der Waals surface area contributed by atoms with Crippen molar-refractivity contribution < 1.29 is 91.5 Å². The number of rotatable bonds is 20. The first kappa shape index (κ1) is 70.2. The molecule has 68 heavy (non-hydrogen) atoms. The Balaban J connectivity index is -0.000000409. The normalized spacial score (nSPS) is 12.7. The van der Waals surface area contributed by atoms with Gasteiger partial charge in [-0.15, -0.1) is 0 Å². The molecule has 0 bridgehead atoms. The SMILES string of the molecule is C=C(C)C(=O)O.C=C(C)C(=O)OC(C(F)(F)F)C(F)(F)F.C=C(C)C(=O)OCCC[Si](O[Si](C)(C)C)(O[Si](C)(C)C)O[Si](C)(C)C.C=C(C)C(=O)OCCOC(=O)C(=C)C.C=CN1CCCC1=O. The minimum absolute atomic E-state index is 0.0325. The van der Waals surface area contributed by atoms with Crippen molar-refractivity contribution in [2.75, 3.05) is 26.4 Å². The summed E-state index contributed by atoms with van der Waals surface area (Å²) in [4.78, 5) is 65.7. The fraction of sp³-hybridized carbons (Fsp3) is 0.581. The predicted octanol–water partition coefficient (Wildman–Crippen LogP) is 10.2. The lowest BCUT2D eigenvalue weighted by atomic mass is 10.3. The molecule has 1 heterocycles. The second-order valence-corrected chi connectivity index (χ2v) is 34.8. The van der Waals surface area contributed by atoms with E-state index in [9.17, 15) is 55.1 Å². The van der Waals surface area contributed by atoms with Gasteiger partial charge in [0.15, 0.2) is 25.0 Å². The summed E-state index contributed by atoms with van der Waals surface area (Å²) in [7, 11) is -8.40. The van der Waals surface area contributed by atoms with Gasteiger partial charge in [-0.2, -0.15) is 26.3 Å². The van der Waals surface area contributed by atoms with Crippen LogP contribution in [0.4, 0.5) is 26.3 Å². The Morgan fingerprint density at radius 3 is 1.13 bits per heavy atom. The summed E-state index contributed by atoms with van der Waals surface area (Å²) < 4.78 is 108. The molecule has 0 radical (unpaired) electrons. The average Bonchev–Trinajstić information content (AvgIpc) is 3.55. The number of carbonyl (C=O) groups is 6. The molecule has 0 spiro atoms. The molecule has 0 aromatic heterocycles. The number of hydrogen-bond acceptors (Lipinski definition) is 13. The zero-order valence-corrected chi connectivity index (χ0v) is 46.0. The van der Waals surface area contributed by atoms with Gasteiger partial charge in [0.05, 0.1) is 6.61 Å². The maximum atomic E-state index is 11.8. The van der Waals surface area contributed by atoms with Crippen LogP contribution in [0, 0.1) is 0 Å². The fourth-order valence-electron chi connectivity index (χ4n) is 4.10. The molecule has 1 rings (SSSR count). The quantitative estimate of drug-likeness (QED) is 0.0303. The van der Waals surface area contributed by atoms with E-state index in [1.54, 1.807) is 31.9 Å². The number of likely N-dealkylation sites (tertiary alicyclic amines) is 1. The number of carboxylic acids is 1. The molecule has 1 fully saturated rings. The van der Waals surface area contributed by atoms with Gasteiger partial charge in [-0.25, -0.2) is 24.0 Å². The van der Waals surface area contributed by atoms with Gasteiger partial charge >= 0.3 is 51.0 Å². The van der Waals surface area contributed by atoms with E-state index in [0.29, 0.717) is 42.2 Å². The van der Waals surface area contributed by atoms with Gasteiger partial charge in [-0.1, -0.05) is 39.5 Å². The Hall–Kier alpha value is -4.41. The predicted molar refractivity (Wildman–Crippen MR) is 256 cm³/mol. The van der Waals surface area contributed by atoms with Gasteiger partial charge < -0.3 is 41.3 Å². The number of aliphatic carboxylic acids is 1. The largest absolute Gasteiger partial charge is 0.478 e. The van der Waals surface area contributed by atoms with Crippen LogP contribution in [0.2, 0.25) is 65.0 Å². The molecule has 392 valence electrons. The summed E-state index contributed by atoms with van der Waals surface area (Å²) in [6, 6.07) is 0.676. The molecule has 0 saturated carbocycles. The first-order chi connectivity index (χ1) is 30.3.